The number of nitrogens with zero attached hydrogens (tertiary/aromatic N) is 3. The smallest absolute Gasteiger partial charge is 0.273 e. The maximum Gasteiger partial charge on any atom is 0.273 e. The summed E-state index contributed by atoms with van der Waals surface area (Å²) in [7, 11) is 4.10. The Bertz CT molecular complexity index is 477. The molecule has 1 heterocycles. The van der Waals surface area contributed by atoms with E-state index in [9.17, 15) is 10.1 Å². The number of nitrogen functional groups attached to an aromatic ring is 1. The highest BCUT2D eigenvalue weighted by atomic mass is 16.6. The molecule has 0 bridgehead atoms. The molecule has 104 valence electrons. The fourth-order valence-corrected chi connectivity index (χ4v) is 2.36. The van der Waals surface area contributed by atoms with Crippen LogP contribution in [0, 0.1) is 10.1 Å². The number of non-ortho nitro benzene ring substituents is 1. The molecular formula is C12H19N5O2. The predicted molar refractivity (Wildman–Crippen MR) is 75.2 cm³/mol. The number of hydrogen-bond donors (Lipinski definition) is 2. The highest BCUT2D eigenvalue weighted by molar-refractivity contribution is 5.64. The summed E-state index contributed by atoms with van der Waals surface area (Å²) in [4.78, 5) is 14.9. The van der Waals surface area contributed by atoms with E-state index in [4.69, 9.17) is 5.84 Å². The SMILES string of the molecule is CN(C)C1CCN(c2cc(NN)cc([N+](=O)[O-])c2)C1. The van der Waals surface area contributed by atoms with Crippen molar-refractivity contribution in [2.75, 3.05) is 37.5 Å². The Hall–Kier alpha value is -1.86. The summed E-state index contributed by atoms with van der Waals surface area (Å²) in [6, 6.07) is 5.35. The number of hydrazine groups is 1. The molecule has 1 aliphatic rings. The maximum atomic E-state index is 10.9. The molecule has 1 aromatic rings. The second-order valence-corrected chi connectivity index (χ2v) is 4.99. The average Bonchev–Trinajstić information content (AvgIpc) is 2.87. The van der Waals surface area contributed by atoms with E-state index in [1.165, 1.54) is 6.07 Å². The number of nitrogens with two attached hydrogens (primary N) is 1. The summed E-state index contributed by atoms with van der Waals surface area (Å²) >= 11 is 0. The molecule has 1 atom stereocenters. The second kappa shape index (κ2) is 5.41. The zero-order valence-electron chi connectivity index (χ0n) is 11.2. The molecule has 3 N–H and O–H groups in total. The van der Waals surface area contributed by atoms with Crippen LogP contribution in [0.3, 0.4) is 0 Å². The lowest BCUT2D eigenvalue weighted by molar-refractivity contribution is -0.384. The first-order valence-electron chi connectivity index (χ1n) is 6.18. The van der Waals surface area contributed by atoms with Crippen LogP contribution in [-0.2, 0) is 0 Å². The monoisotopic (exact) mass is 265 g/mol. The zero-order valence-corrected chi connectivity index (χ0v) is 11.2. The summed E-state index contributed by atoms with van der Waals surface area (Å²) in [5.74, 6) is 5.36. The van der Waals surface area contributed by atoms with Gasteiger partial charge in [0.25, 0.3) is 5.69 Å². The van der Waals surface area contributed by atoms with Gasteiger partial charge in [-0.15, -0.1) is 0 Å². The molecule has 7 nitrogen and oxygen atoms in total. The molecular weight excluding hydrogens is 246 g/mol. The maximum absolute atomic E-state index is 10.9. The van der Waals surface area contributed by atoms with Gasteiger partial charge in [-0.25, -0.2) is 0 Å². The van der Waals surface area contributed by atoms with Gasteiger partial charge in [0, 0.05) is 37.0 Å². The van der Waals surface area contributed by atoms with E-state index in [0.717, 1.165) is 25.2 Å². The molecule has 0 amide bonds. The highest BCUT2D eigenvalue weighted by Gasteiger charge is 2.25. The molecule has 0 aliphatic carbocycles. The number of hydrogen-bond acceptors (Lipinski definition) is 6. The van der Waals surface area contributed by atoms with Crippen molar-refractivity contribution in [1.82, 2.24) is 4.90 Å². The Morgan fingerprint density at radius 3 is 2.74 bits per heavy atom. The molecule has 0 saturated carbocycles. The van der Waals surface area contributed by atoms with Crippen LogP contribution in [0.2, 0.25) is 0 Å². The van der Waals surface area contributed by atoms with Crippen LogP contribution in [0.15, 0.2) is 18.2 Å². The molecule has 2 rings (SSSR count). The van der Waals surface area contributed by atoms with Crippen LogP contribution in [0.4, 0.5) is 17.1 Å². The van der Waals surface area contributed by atoms with Crippen LogP contribution < -0.4 is 16.2 Å². The first-order chi connectivity index (χ1) is 9.01. The molecule has 1 aliphatic heterocycles. The molecule has 0 aromatic heterocycles. The van der Waals surface area contributed by atoms with Crippen LogP contribution in [0.1, 0.15) is 6.42 Å². The first kappa shape index (κ1) is 13.6. The number of anilines is 2. The van der Waals surface area contributed by atoms with Crippen molar-refractivity contribution in [3.8, 4) is 0 Å². The Balaban J connectivity index is 2.25. The molecule has 1 unspecified atom stereocenters. The summed E-state index contributed by atoms with van der Waals surface area (Å²) < 4.78 is 0. The quantitative estimate of drug-likeness (QED) is 0.480. The third-order valence-electron chi connectivity index (χ3n) is 3.54. The van der Waals surface area contributed by atoms with Crippen molar-refractivity contribution in [3.63, 3.8) is 0 Å². The summed E-state index contributed by atoms with van der Waals surface area (Å²) in [6.45, 7) is 1.77. The Labute approximate surface area is 112 Å². The van der Waals surface area contributed by atoms with Gasteiger partial charge in [0.05, 0.1) is 10.6 Å². The van der Waals surface area contributed by atoms with E-state index in [2.05, 4.69) is 29.3 Å². The fourth-order valence-electron chi connectivity index (χ4n) is 2.36. The molecule has 1 saturated heterocycles. The molecule has 1 aromatic carbocycles. The standard InChI is InChI=1S/C12H19N5O2/c1-15(2)10-3-4-16(8-10)11-5-9(14-13)6-12(7-11)17(18)19/h5-7,10,14H,3-4,8,13H2,1-2H3. The van der Waals surface area contributed by atoms with Gasteiger partial charge in [0.15, 0.2) is 0 Å². The van der Waals surface area contributed by atoms with Gasteiger partial charge < -0.3 is 15.2 Å². The number of rotatable bonds is 4. The van der Waals surface area contributed by atoms with Gasteiger partial charge in [-0.3, -0.25) is 16.0 Å². The Kier molecular flexibility index (Phi) is 3.87. The van der Waals surface area contributed by atoms with E-state index >= 15 is 0 Å². The van der Waals surface area contributed by atoms with Gasteiger partial charge in [-0.05, 0) is 26.6 Å². The van der Waals surface area contributed by atoms with Crippen molar-refractivity contribution < 1.29 is 4.92 Å². The van der Waals surface area contributed by atoms with Crippen LogP contribution in [0.25, 0.3) is 0 Å². The topological polar surface area (TPSA) is 87.7 Å². The van der Waals surface area contributed by atoms with Crippen molar-refractivity contribution in [1.29, 1.82) is 0 Å². The van der Waals surface area contributed by atoms with Gasteiger partial charge >= 0.3 is 0 Å². The summed E-state index contributed by atoms with van der Waals surface area (Å²) in [5, 5.41) is 10.9. The number of nitro groups is 1. The number of nitrogens with one attached hydrogen (secondary N) is 1. The minimum atomic E-state index is -0.399. The lowest BCUT2D eigenvalue weighted by Crippen LogP contribution is -2.31. The van der Waals surface area contributed by atoms with Crippen LogP contribution in [0.5, 0.6) is 0 Å². The molecule has 19 heavy (non-hydrogen) atoms. The zero-order chi connectivity index (χ0) is 14.0. The molecule has 0 radical (unpaired) electrons. The van der Waals surface area contributed by atoms with Crippen LogP contribution in [-0.4, -0.2) is 43.0 Å². The minimum absolute atomic E-state index is 0.0544. The molecule has 1 fully saturated rings. The normalized spacial score (nSPS) is 18.9. The van der Waals surface area contributed by atoms with E-state index in [0.29, 0.717) is 11.7 Å². The third-order valence-corrected chi connectivity index (χ3v) is 3.54. The summed E-state index contributed by atoms with van der Waals surface area (Å²) in [6.07, 6.45) is 1.06. The third kappa shape index (κ3) is 2.94. The number of likely N-dealkylation sites (N-methyl/N-ethyl adjacent to an activating group) is 1. The lowest BCUT2D eigenvalue weighted by Gasteiger charge is -2.22. The van der Waals surface area contributed by atoms with Crippen molar-refractivity contribution in [2.45, 2.75) is 12.5 Å². The van der Waals surface area contributed by atoms with E-state index < -0.39 is 4.92 Å². The molecule has 0 spiro atoms. The molecule has 7 heteroatoms. The van der Waals surface area contributed by atoms with Gasteiger partial charge in [0.2, 0.25) is 0 Å². The van der Waals surface area contributed by atoms with Crippen LogP contribution >= 0.6 is 0 Å². The van der Waals surface area contributed by atoms with E-state index in [1.54, 1.807) is 6.07 Å². The van der Waals surface area contributed by atoms with Gasteiger partial charge in [0.1, 0.15) is 0 Å². The predicted octanol–water partition coefficient (Wildman–Crippen LogP) is 1.02. The van der Waals surface area contributed by atoms with Crippen molar-refractivity contribution >= 4 is 17.1 Å². The Morgan fingerprint density at radius 2 is 2.21 bits per heavy atom. The fraction of sp³-hybridized carbons (Fsp3) is 0.500. The number of nitro benzene ring substituents is 1. The van der Waals surface area contributed by atoms with Crippen molar-refractivity contribution in [3.05, 3.63) is 28.3 Å². The van der Waals surface area contributed by atoms with Gasteiger partial charge in [-0.2, -0.15) is 0 Å². The lowest BCUT2D eigenvalue weighted by atomic mass is 10.2. The minimum Gasteiger partial charge on any atom is -0.370 e. The highest BCUT2D eigenvalue weighted by Crippen LogP contribution is 2.29. The van der Waals surface area contributed by atoms with E-state index in [1.807, 2.05) is 6.07 Å². The first-order valence-corrected chi connectivity index (χ1v) is 6.18. The van der Waals surface area contributed by atoms with E-state index in [-0.39, 0.29) is 5.69 Å². The summed E-state index contributed by atoms with van der Waals surface area (Å²) in [5.41, 5.74) is 3.93. The van der Waals surface area contributed by atoms with Gasteiger partial charge in [-0.1, -0.05) is 0 Å². The number of benzene rings is 1. The average molecular weight is 265 g/mol. The second-order valence-electron chi connectivity index (χ2n) is 4.99. The largest absolute Gasteiger partial charge is 0.370 e. The van der Waals surface area contributed by atoms with Crippen molar-refractivity contribution in [2.24, 2.45) is 5.84 Å². The Morgan fingerprint density at radius 1 is 1.47 bits per heavy atom.